The normalized spacial score (nSPS) is 13.6. The smallest absolute Gasteiger partial charge is 0.306 e. The van der Waals surface area contributed by atoms with Crippen LogP contribution >= 0.6 is 0 Å². The number of allylic oxidation sites excluding steroid dienone is 8. The summed E-state index contributed by atoms with van der Waals surface area (Å²) in [6.45, 7) is 6.32. The number of nitrogens with one attached hydrogen (secondary N) is 1. The molecule has 3 atom stereocenters. The summed E-state index contributed by atoms with van der Waals surface area (Å²) in [6, 6.07) is -0.709. The van der Waals surface area contributed by atoms with Crippen molar-refractivity contribution in [2.24, 2.45) is 0 Å². The largest absolute Gasteiger partial charge is 0.462 e. The van der Waals surface area contributed by atoms with Crippen LogP contribution in [0, 0.1) is 0 Å². The van der Waals surface area contributed by atoms with E-state index in [0.717, 1.165) is 96.3 Å². The maximum absolute atomic E-state index is 13.2. The van der Waals surface area contributed by atoms with Crippen LogP contribution in [0.3, 0.4) is 0 Å². The van der Waals surface area contributed by atoms with Gasteiger partial charge in [-0.3, -0.25) is 9.59 Å². The number of unbranched alkanes of at least 4 members (excludes halogenated alkanes) is 27. The maximum Gasteiger partial charge on any atom is 0.306 e. The van der Waals surface area contributed by atoms with Gasteiger partial charge in [-0.15, -0.1) is 0 Å². The number of aliphatic hydroxyl groups is 2. The van der Waals surface area contributed by atoms with Crippen molar-refractivity contribution in [2.45, 2.75) is 270 Å². The van der Waals surface area contributed by atoms with Crippen LogP contribution in [0.1, 0.15) is 252 Å². The third-order valence-corrected chi connectivity index (χ3v) is 11.5. The summed E-state index contributed by atoms with van der Waals surface area (Å²) in [6.07, 6.45) is 56.0. The Morgan fingerprint density at radius 2 is 0.932 bits per heavy atom. The van der Waals surface area contributed by atoms with Crippen LogP contribution in [0.2, 0.25) is 0 Å². The predicted molar refractivity (Wildman–Crippen MR) is 255 cm³/mol. The molecule has 344 valence electrons. The van der Waals surface area contributed by atoms with Crippen molar-refractivity contribution in [2.75, 3.05) is 6.61 Å². The molecule has 0 saturated carbocycles. The van der Waals surface area contributed by atoms with Crippen molar-refractivity contribution in [3.05, 3.63) is 48.6 Å². The van der Waals surface area contributed by atoms with Gasteiger partial charge in [0.05, 0.1) is 25.2 Å². The van der Waals surface area contributed by atoms with Gasteiger partial charge in [-0.25, -0.2) is 0 Å². The summed E-state index contributed by atoms with van der Waals surface area (Å²) < 4.78 is 5.89. The maximum atomic E-state index is 13.2. The van der Waals surface area contributed by atoms with Gasteiger partial charge in [0.1, 0.15) is 6.10 Å². The Hall–Kier alpha value is -2.18. The van der Waals surface area contributed by atoms with E-state index in [-0.39, 0.29) is 24.9 Å². The number of amides is 1. The summed E-state index contributed by atoms with van der Waals surface area (Å²) in [4.78, 5) is 26.0. The summed E-state index contributed by atoms with van der Waals surface area (Å²) in [5, 5.41) is 23.8. The molecule has 3 N–H and O–H groups in total. The van der Waals surface area contributed by atoms with Crippen LogP contribution < -0.4 is 5.32 Å². The average molecular weight is 828 g/mol. The molecule has 0 aromatic carbocycles. The Bertz CT molecular complexity index is 1020. The molecule has 0 heterocycles. The minimum Gasteiger partial charge on any atom is -0.462 e. The van der Waals surface area contributed by atoms with Gasteiger partial charge >= 0.3 is 5.97 Å². The number of ether oxygens (including phenoxy) is 1. The van der Waals surface area contributed by atoms with Gasteiger partial charge in [-0.1, -0.05) is 217 Å². The highest BCUT2D eigenvalue weighted by Gasteiger charge is 2.24. The van der Waals surface area contributed by atoms with Crippen LogP contribution in [-0.2, 0) is 14.3 Å². The zero-order valence-electron chi connectivity index (χ0n) is 39.1. The number of carbonyl (C=O) groups excluding carboxylic acids is 2. The van der Waals surface area contributed by atoms with E-state index in [2.05, 4.69) is 74.7 Å². The van der Waals surface area contributed by atoms with E-state index in [9.17, 15) is 19.8 Å². The average Bonchev–Trinajstić information content (AvgIpc) is 3.23. The molecule has 1 amide bonds. The molecule has 59 heavy (non-hydrogen) atoms. The third kappa shape index (κ3) is 42.3. The minimum atomic E-state index is -0.794. The molecule has 0 radical (unpaired) electrons. The highest BCUT2D eigenvalue weighted by molar-refractivity contribution is 5.77. The Morgan fingerprint density at radius 1 is 0.508 bits per heavy atom. The molecule has 6 heteroatoms. The molecular weight excluding hydrogens is 731 g/mol. The first-order valence-electron chi connectivity index (χ1n) is 25.4. The summed E-state index contributed by atoms with van der Waals surface area (Å²) in [7, 11) is 0. The van der Waals surface area contributed by atoms with E-state index in [4.69, 9.17) is 4.74 Å². The predicted octanol–water partition coefficient (Wildman–Crippen LogP) is 15.1. The van der Waals surface area contributed by atoms with Gasteiger partial charge in [0.15, 0.2) is 0 Å². The van der Waals surface area contributed by atoms with Crippen molar-refractivity contribution in [3.8, 4) is 0 Å². The second kappa shape index (κ2) is 46.9. The van der Waals surface area contributed by atoms with Crippen molar-refractivity contribution in [1.82, 2.24) is 5.32 Å². The van der Waals surface area contributed by atoms with Crippen molar-refractivity contribution in [1.29, 1.82) is 0 Å². The van der Waals surface area contributed by atoms with E-state index in [0.29, 0.717) is 19.3 Å². The molecule has 0 aromatic rings. The summed E-state index contributed by atoms with van der Waals surface area (Å²) in [5.41, 5.74) is 0. The minimum absolute atomic E-state index is 0.0585. The van der Waals surface area contributed by atoms with Gasteiger partial charge in [0.2, 0.25) is 5.91 Å². The molecular formula is C53H97NO5. The third-order valence-electron chi connectivity index (χ3n) is 11.5. The van der Waals surface area contributed by atoms with Crippen molar-refractivity contribution < 1.29 is 24.5 Å². The number of esters is 1. The molecule has 6 nitrogen and oxygen atoms in total. The molecule has 0 aliphatic heterocycles. The molecule has 3 unspecified atom stereocenters. The second-order valence-electron chi connectivity index (χ2n) is 17.2. The number of hydrogen-bond donors (Lipinski definition) is 3. The lowest BCUT2D eigenvalue weighted by Gasteiger charge is -2.24. The van der Waals surface area contributed by atoms with Crippen molar-refractivity contribution >= 4 is 11.9 Å². The topological polar surface area (TPSA) is 95.9 Å². The van der Waals surface area contributed by atoms with Crippen LogP contribution in [-0.4, -0.2) is 46.9 Å². The number of hydrogen-bond acceptors (Lipinski definition) is 5. The Balaban J connectivity index is 4.48. The van der Waals surface area contributed by atoms with Gasteiger partial charge in [-0.2, -0.15) is 0 Å². The van der Waals surface area contributed by atoms with Crippen LogP contribution in [0.15, 0.2) is 48.6 Å². The zero-order valence-corrected chi connectivity index (χ0v) is 39.1. The van der Waals surface area contributed by atoms with E-state index >= 15 is 0 Å². The SMILES string of the molecule is CC/C=C/C=C/C=C\CCCCCCCC(=O)OC(CCCCC/C=C\CCCCC)CC(=O)NC(CO)C(O)CCCCCCCCCCCCCCCCCCC. The molecule has 0 bridgehead atoms. The van der Waals surface area contributed by atoms with E-state index in [1.54, 1.807) is 0 Å². The number of rotatable bonds is 45. The first-order chi connectivity index (χ1) is 29.0. The fourth-order valence-corrected chi connectivity index (χ4v) is 7.60. The van der Waals surface area contributed by atoms with Crippen molar-refractivity contribution in [3.63, 3.8) is 0 Å². The van der Waals surface area contributed by atoms with Crippen LogP contribution in [0.5, 0.6) is 0 Å². The highest BCUT2D eigenvalue weighted by Crippen LogP contribution is 2.18. The molecule has 0 saturated heterocycles. The van der Waals surface area contributed by atoms with Crippen LogP contribution in [0.25, 0.3) is 0 Å². The molecule has 0 rings (SSSR count). The second-order valence-corrected chi connectivity index (χ2v) is 17.2. The Morgan fingerprint density at radius 3 is 1.47 bits per heavy atom. The first-order valence-corrected chi connectivity index (χ1v) is 25.4. The fraction of sp³-hybridized carbons (Fsp3) is 0.811. The highest BCUT2D eigenvalue weighted by atomic mass is 16.5. The lowest BCUT2D eigenvalue weighted by molar-refractivity contribution is -0.151. The van der Waals surface area contributed by atoms with E-state index in [1.165, 1.54) is 109 Å². The van der Waals surface area contributed by atoms with Gasteiger partial charge in [0, 0.05) is 6.42 Å². The summed E-state index contributed by atoms with van der Waals surface area (Å²) >= 11 is 0. The quantitative estimate of drug-likeness (QED) is 0.0246. The summed E-state index contributed by atoms with van der Waals surface area (Å²) in [5.74, 6) is -0.512. The van der Waals surface area contributed by atoms with E-state index < -0.39 is 18.2 Å². The Labute approximate surface area is 366 Å². The van der Waals surface area contributed by atoms with Gasteiger partial charge < -0.3 is 20.3 Å². The van der Waals surface area contributed by atoms with E-state index in [1.807, 2.05) is 0 Å². The number of carbonyl (C=O) groups is 2. The number of aliphatic hydroxyl groups excluding tert-OH is 2. The monoisotopic (exact) mass is 828 g/mol. The lowest BCUT2D eigenvalue weighted by atomic mass is 10.0. The standard InChI is InChI=1S/C53H97NO5/c1-4-7-10-13-16-19-22-24-25-26-27-29-30-33-36-39-42-45-51(56)50(48-55)54-52(57)47-49(44-41-38-35-32-21-18-15-12-9-6-3)59-53(58)46-43-40-37-34-31-28-23-20-17-14-11-8-5-2/h8,11,14,17-18,20-21,23,49-51,55-56H,4-7,9-10,12-13,15-16,19,22,24-48H2,1-3H3,(H,54,57)/b11-8+,17-14+,21-18-,23-20-. The molecule has 0 aromatic heterocycles. The molecule has 0 spiro atoms. The lowest BCUT2D eigenvalue weighted by Crippen LogP contribution is -2.46. The molecule has 0 aliphatic rings. The Kier molecular flexibility index (Phi) is 45.1. The molecule has 0 aliphatic carbocycles. The van der Waals surface area contributed by atoms with Crippen LogP contribution in [0.4, 0.5) is 0 Å². The first kappa shape index (κ1) is 56.8. The zero-order chi connectivity index (χ0) is 43.1. The fourth-order valence-electron chi connectivity index (χ4n) is 7.60. The van der Waals surface area contributed by atoms with Gasteiger partial charge in [-0.05, 0) is 70.6 Å². The van der Waals surface area contributed by atoms with Gasteiger partial charge in [0.25, 0.3) is 0 Å². The molecule has 0 fully saturated rings.